The van der Waals surface area contributed by atoms with Crippen LogP contribution in [0.4, 0.5) is 4.79 Å². The van der Waals surface area contributed by atoms with Gasteiger partial charge in [0, 0.05) is 22.3 Å². The number of aromatic amines is 1. The van der Waals surface area contributed by atoms with Crippen LogP contribution in [0.3, 0.4) is 0 Å². The second-order valence-electron chi connectivity index (χ2n) is 6.71. The number of furan rings is 1. The van der Waals surface area contributed by atoms with Gasteiger partial charge < -0.3 is 19.8 Å². The number of halogens is 1. The van der Waals surface area contributed by atoms with Crippen LogP contribution in [0.5, 0.6) is 0 Å². The van der Waals surface area contributed by atoms with E-state index in [0.717, 1.165) is 35.5 Å². The molecule has 2 heterocycles. The molecule has 1 fully saturated rings. The summed E-state index contributed by atoms with van der Waals surface area (Å²) in [6, 6.07) is 5.55. The van der Waals surface area contributed by atoms with Crippen LogP contribution in [0.15, 0.2) is 31.9 Å². The van der Waals surface area contributed by atoms with Gasteiger partial charge in [-0.2, -0.15) is 0 Å². The Hall–Kier alpha value is -2.35. The van der Waals surface area contributed by atoms with Gasteiger partial charge in [0.25, 0.3) is 5.56 Å². The molecule has 1 aromatic carbocycles. The minimum atomic E-state index is -1.03. The number of nitrogens with one attached hydrogen (secondary N) is 2. The first-order valence-corrected chi connectivity index (χ1v) is 9.41. The minimum absolute atomic E-state index is 0.0183. The smallest absolute Gasteiger partial charge is 0.404 e. The zero-order valence-corrected chi connectivity index (χ0v) is 15.5. The Kier molecular flexibility index (Phi) is 4.44. The van der Waals surface area contributed by atoms with Crippen LogP contribution in [0.1, 0.15) is 37.4 Å². The highest BCUT2D eigenvalue weighted by atomic mass is 79.9. The second kappa shape index (κ2) is 6.75. The van der Waals surface area contributed by atoms with Crippen molar-refractivity contribution in [2.24, 2.45) is 5.92 Å². The Labute approximate surface area is 156 Å². The lowest BCUT2D eigenvalue weighted by Gasteiger charge is -2.30. The van der Waals surface area contributed by atoms with E-state index in [9.17, 15) is 9.59 Å². The molecule has 3 aromatic rings. The predicted octanol–water partition coefficient (Wildman–Crippen LogP) is 3.97. The highest BCUT2D eigenvalue weighted by molar-refractivity contribution is 9.10. The van der Waals surface area contributed by atoms with Gasteiger partial charge in [-0.25, -0.2) is 9.78 Å². The van der Waals surface area contributed by atoms with Crippen molar-refractivity contribution < 1.29 is 14.3 Å². The van der Waals surface area contributed by atoms with Crippen LogP contribution in [0, 0.1) is 5.92 Å². The largest absolute Gasteiger partial charge is 0.465 e. The second-order valence-corrected chi connectivity index (χ2v) is 7.62. The molecule has 26 heavy (non-hydrogen) atoms. The van der Waals surface area contributed by atoms with Crippen molar-refractivity contribution in [3.05, 3.63) is 38.9 Å². The van der Waals surface area contributed by atoms with Crippen molar-refractivity contribution in [1.82, 2.24) is 15.3 Å². The minimum Gasteiger partial charge on any atom is -0.465 e. The van der Waals surface area contributed by atoms with Gasteiger partial charge >= 0.3 is 6.09 Å². The van der Waals surface area contributed by atoms with E-state index in [4.69, 9.17) is 14.5 Å². The number of hydrogen-bond acceptors (Lipinski definition) is 4. The van der Waals surface area contributed by atoms with Gasteiger partial charge in [0.1, 0.15) is 16.9 Å². The summed E-state index contributed by atoms with van der Waals surface area (Å²) in [7, 11) is 0. The van der Waals surface area contributed by atoms with Crippen LogP contribution in [0.25, 0.3) is 22.1 Å². The molecule has 2 atom stereocenters. The van der Waals surface area contributed by atoms with Crippen LogP contribution in [-0.4, -0.2) is 27.7 Å². The Morgan fingerprint density at radius 3 is 3.00 bits per heavy atom. The fraction of sp³-hybridized carbons (Fsp3) is 0.389. The summed E-state index contributed by atoms with van der Waals surface area (Å²) in [5, 5.41) is 12.2. The Balaban J connectivity index is 1.79. The van der Waals surface area contributed by atoms with E-state index in [1.807, 2.05) is 12.1 Å². The number of H-pyrrole nitrogens is 1. The lowest BCUT2D eigenvalue weighted by molar-refractivity contribution is 0.188. The third kappa shape index (κ3) is 3.09. The van der Waals surface area contributed by atoms with E-state index in [-0.39, 0.29) is 23.0 Å². The lowest BCUT2D eigenvalue weighted by atomic mass is 9.78. The van der Waals surface area contributed by atoms with Gasteiger partial charge in [0.15, 0.2) is 0 Å². The fourth-order valence-corrected chi connectivity index (χ4v) is 4.21. The molecule has 136 valence electrons. The van der Waals surface area contributed by atoms with Crippen molar-refractivity contribution in [1.29, 1.82) is 0 Å². The average molecular weight is 420 g/mol. The summed E-state index contributed by atoms with van der Waals surface area (Å²) >= 11 is 3.44. The first kappa shape index (κ1) is 17.1. The molecule has 2 unspecified atom stereocenters. The molecule has 4 rings (SSSR count). The summed E-state index contributed by atoms with van der Waals surface area (Å²) in [6.07, 6.45) is 2.84. The molecule has 0 radical (unpaired) electrons. The maximum Gasteiger partial charge on any atom is 0.404 e. The molecule has 0 aliphatic heterocycles. The van der Waals surface area contributed by atoms with Crippen molar-refractivity contribution in [3.8, 4) is 0 Å². The molecular formula is C18H18BrN3O4. The molecule has 3 N–H and O–H groups in total. The van der Waals surface area contributed by atoms with E-state index in [1.165, 1.54) is 0 Å². The quantitative estimate of drug-likeness (QED) is 0.594. The zero-order chi connectivity index (χ0) is 18.3. The summed E-state index contributed by atoms with van der Waals surface area (Å²) in [5.41, 5.74) is 1.09. The SMILES string of the molecule is O=C(O)NCC1CCCCC1c1nc2c(oc3ccc(Br)cc32)c(=O)[nH]1. The number of hydrogen-bond donors (Lipinski definition) is 3. The number of fused-ring (bicyclic) bond motifs is 3. The molecule has 1 aliphatic carbocycles. The summed E-state index contributed by atoms with van der Waals surface area (Å²) < 4.78 is 6.56. The number of amides is 1. The molecule has 8 heteroatoms. The van der Waals surface area contributed by atoms with Crippen LogP contribution >= 0.6 is 15.9 Å². The number of rotatable bonds is 3. The summed E-state index contributed by atoms with van der Waals surface area (Å²) in [6.45, 7) is 0.361. The van der Waals surface area contributed by atoms with Crippen molar-refractivity contribution in [2.45, 2.75) is 31.6 Å². The van der Waals surface area contributed by atoms with Gasteiger partial charge in [-0.15, -0.1) is 0 Å². The molecular weight excluding hydrogens is 402 g/mol. The molecule has 0 spiro atoms. The summed E-state index contributed by atoms with van der Waals surface area (Å²) in [4.78, 5) is 31.0. The molecule has 1 saturated carbocycles. The van der Waals surface area contributed by atoms with Crippen molar-refractivity contribution in [3.63, 3.8) is 0 Å². The van der Waals surface area contributed by atoms with Gasteiger partial charge in [0.2, 0.25) is 5.58 Å². The van der Waals surface area contributed by atoms with Gasteiger partial charge in [0.05, 0.1) is 0 Å². The van der Waals surface area contributed by atoms with Crippen LogP contribution < -0.4 is 10.9 Å². The number of carboxylic acid groups (broad SMARTS) is 1. The highest BCUT2D eigenvalue weighted by Crippen LogP contribution is 2.37. The van der Waals surface area contributed by atoms with Crippen LogP contribution in [0.2, 0.25) is 0 Å². The van der Waals surface area contributed by atoms with Crippen molar-refractivity contribution in [2.75, 3.05) is 6.54 Å². The van der Waals surface area contributed by atoms with E-state index >= 15 is 0 Å². The molecule has 1 aliphatic rings. The maximum absolute atomic E-state index is 12.6. The van der Waals surface area contributed by atoms with Crippen LogP contribution in [-0.2, 0) is 0 Å². The predicted molar refractivity (Wildman–Crippen MR) is 101 cm³/mol. The molecule has 7 nitrogen and oxygen atoms in total. The third-order valence-electron chi connectivity index (χ3n) is 5.08. The number of benzene rings is 1. The molecule has 0 saturated heterocycles. The first-order valence-electron chi connectivity index (χ1n) is 8.61. The highest BCUT2D eigenvalue weighted by Gasteiger charge is 2.29. The molecule has 0 bridgehead atoms. The van der Waals surface area contributed by atoms with E-state index in [2.05, 4.69) is 26.2 Å². The van der Waals surface area contributed by atoms with E-state index in [1.54, 1.807) is 6.07 Å². The normalized spacial score (nSPS) is 20.5. The molecule has 2 aromatic heterocycles. The zero-order valence-electron chi connectivity index (χ0n) is 13.9. The van der Waals surface area contributed by atoms with E-state index in [0.29, 0.717) is 23.5 Å². The van der Waals surface area contributed by atoms with E-state index < -0.39 is 6.09 Å². The molecule has 1 amide bonds. The van der Waals surface area contributed by atoms with Crippen molar-refractivity contribution >= 4 is 44.1 Å². The Morgan fingerprint density at radius 2 is 2.19 bits per heavy atom. The standard InChI is InChI=1S/C18H18BrN3O4/c19-10-5-6-13-12(7-10)14-15(26-13)17(23)22-16(21-14)11-4-2-1-3-9(11)8-20-18(24)25/h5-7,9,11,20H,1-4,8H2,(H,24,25)(H,21,22,23). The number of aromatic nitrogens is 2. The van der Waals surface area contributed by atoms with Gasteiger partial charge in [-0.1, -0.05) is 28.8 Å². The maximum atomic E-state index is 12.6. The third-order valence-corrected chi connectivity index (χ3v) is 5.57. The monoisotopic (exact) mass is 419 g/mol. The Bertz CT molecular complexity index is 1040. The van der Waals surface area contributed by atoms with Gasteiger partial charge in [-0.3, -0.25) is 4.79 Å². The topological polar surface area (TPSA) is 108 Å². The first-order chi connectivity index (χ1) is 12.5. The average Bonchev–Trinajstić information content (AvgIpc) is 2.99. The van der Waals surface area contributed by atoms with Gasteiger partial charge in [-0.05, 0) is 37.0 Å². The number of nitrogens with zero attached hydrogens (tertiary/aromatic N) is 1. The number of carbonyl (C=O) groups is 1. The summed E-state index contributed by atoms with van der Waals surface area (Å²) in [5.74, 6) is 0.747. The fourth-order valence-electron chi connectivity index (χ4n) is 3.85. The Morgan fingerprint density at radius 1 is 1.38 bits per heavy atom. The lowest BCUT2D eigenvalue weighted by Crippen LogP contribution is -2.33.